The molecule has 4 rings (SSSR count). The van der Waals surface area contributed by atoms with Gasteiger partial charge in [0.25, 0.3) is 0 Å². The summed E-state index contributed by atoms with van der Waals surface area (Å²) in [4.78, 5) is 12.0. The molecule has 28 heavy (non-hydrogen) atoms. The van der Waals surface area contributed by atoms with Gasteiger partial charge < -0.3 is 4.74 Å². The molecule has 1 aliphatic carbocycles. The van der Waals surface area contributed by atoms with Gasteiger partial charge in [0.05, 0.1) is 7.11 Å². The van der Waals surface area contributed by atoms with Gasteiger partial charge in [-0.2, -0.15) is 0 Å². The van der Waals surface area contributed by atoms with Crippen molar-refractivity contribution in [1.29, 1.82) is 0 Å². The largest absolute Gasteiger partial charge is 0.493 e. The van der Waals surface area contributed by atoms with Gasteiger partial charge in [-0.15, -0.1) is 0 Å². The van der Waals surface area contributed by atoms with Crippen molar-refractivity contribution in [2.24, 2.45) is 0 Å². The van der Waals surface area contributed by atoms with Crippen LogP contribution in [0.25, 0.3) is 21.9 Å². The van der Waals surface area contributed by atoms with Crippen LogP contribution >= 0.6 is 0 Å². The minimum absolute atomic E-state index is 0.104. The summed E-state index contributed by atoms with van der Waals surface area (Å²) >= 11 is 0. The molecule has 0 atom stereocenters. The van der Waals surface area contributed by atoms with Gasteiger partial charge in [-0.1, -0.05) is 64.1 Å². The van der Waals surface area contributed by atoms with Crippen molar-refractivity contribution in [3.63, 3.8) is 0 Å². The van der Waals surface area contributed by atoms with E-state index in [1.165, 1.54) is 41.9 Å². The molecule has 0 fully saturated rings. The van der Waals surface area contributed by atoms with E-state index in [1.54, 1.807) is 12.1 Å². The van der Waals surface area contributed by atoms with E-state index in [2.05, 4.69) is 58.0 Å². The first-order valence-corrected chi connectivity index (χ1v) is 9.99. The Morgan fingerprint density at radius 1 is 0.714 bits per heavy atom. The monoisotopic (exact) mass is 372 g/mol. The van der Waals surface area contributed by atoms with E-state index in [4.69, 9.17) is 4.74 Å². The standard InChI is InChI=1S/C26H28O2/c1-25(2)12-13-26(3,4)22-16-20-14-18(6-7-19(20)15-21(22)25)17-8-10-23(27)24(28-5)11-9-17/h6-11,14-16H,12-13H2,1-5H3. The van der Waals surface area contributed by atoms with Crippen molar-refractivity contribution >= 4 is 10.8 Å². The van der Waals surface area contributed by atoms with E-state index in [0.29, 0.717) is 5.75 Å². The lowest BCUT2D eigenvalue weighted by Crippen LogP contribution is -2.33. The fourth-order valence-electron chi connectivity index (χ4n) is 4.40. The molecule has 0 aliphatic heterocycles. The van der Waals surface area contributed by atoms with Crippen LogP contribution in [0.3, 0.4) is 0 Å². The maximum atomic E-state index is 12.0. The van der Waals surface area contributed by atoms with Gasteiger partial charge in [-0.05, 0) is 74.9 Å². The Kier molecular flexibility index (Phi) is 4.33. The average molecular weight is 373 g/mol. The highest BCUT2D eigenvalue weighted by Crippen LogP contribution is 2.47. The zero-order chi connectivity index (χ0) is 20.1. The molecule has 0 amide bonds. The number of ether oxygens (including phenoxy) is 1. The molecule has 144 valence electrons. The Balaban J connectivity index is 1.89. The van der Waals surface area contributed by atoms with E-state index < -0.39 is 0 Å². The lowest BCUT2D eigenvalue weighted by atomic mass is 9.63. The van der Waals surface area contributed by atoms with Gasteiger partial charge in [-0.3, -0.25) is 4.79 Å². The Bertz CT molecular complexity index is 1120. The van der Waals surface area contributed by atoms with Crippen LogP contribution in [0.1, 0.15) is 51.7 Å². The summed E-state index contributed by atoms with van der Waals surface area (Å²) < 4.78 is 5.16. The predicted octanol–water partition coefficient (Wildman–Crippen LogP) is 6.22. The highest BCUT2D eigenvalue weighted by atomic mass is 16.5. The highest BCUT2D eigenvalue weighted by Gasteiger charge is 2.37. The van der Waals surface area contributed by atoms with Crippen molar-refractivity contribution in [3.05, 3.63) is 75.9 Å². The van der Waals surface area contributed by atoms with Crippen molar-refractivity contribution in [2.75, 3.05) is 7.11 Å². The Labute approximate surface area is 167 Å². The normalized spacial score (nSPS) is 17.2. The van der Waals surface area contributed by atoms with Crippen LogP contribution in [0, 0.1) is 0 Å². The summed E-state index contributed by atoms with van der Waals surface area (Å²) in [7, 11) is 1.53. The summed E-state index contributed by atoms with van der Waals surface area (Å²) in [6, 6.07) is 18.5. The summed E-state index contributed by atoms with van der Waals surface area (Å²) in [5, 5.41) is 2.53. The first-order chi connectivity index (χ1) is 13.2. The van der Waals surface area contributed by atoms with Crippen LogP contribution in [0.15, 0.2) is 59.4 Å². The molecular weight excluding hydrogens is 344 g/mol. The van der Waals surface area contributed by atoms with Crippen LogP contribution in [-0.2, 0) is 10.8 Å². The molecule has 2 nitrogen and oxygen atoms in total. The van der Waals surface area contributed by atoms with E-state index in [0.717, 1.165) is 11.1 Å². The van der Waals surface area contributed by atoms with Crippen molar-refractivity contribution < 1.29 is 4.74 Å². The molecule has 3 aromatic rings. The maximum Gasteiger partial charge on any atom is 0.220 e. The number of hydrogen-bond donors (Lipinski definition) is 0. The Morgan fingerprint density at radius 2 is 1.29 bits per heavy atom. The topological polar surface area (TPSA) is 26.3 Å². The van der Waals surface area contributed by atoms with Crippen LogP contribution in [0.5, 0.6) is 5.75 Å². The quantitative estimate of drug-likeness (QED) is 0.533. The number of fused-ring (bicyclic) bond motifs is 2. The molecule has 0 heterocycles. The lowest BCUT2D eigenvalue weighted by Gasteiger charge is -2.42. The number of hydrogen-bond acceptors (Lipinski definition) is 2. The third-order valence-corrected chi connectivity index (χ3v) is 6.43. The molecule has 0 saturated carbocycles. The summed E-state index contributed by atoms with van der Waals surface area (Å²) in [6.07, 6.45) is 2.43. The molecule has 0 unspecified atom stereocenters. The zero-order valence-electron chi connectivity index (χ0n) is 17.4. The zero-order valence-corrected chi connectivity index (χ0v) is 17.4. The molecule has 0 radical (unpaired) electrons. The Hall–Kier alpha value is -2.61. The van der Waals surface area contributed by atoms with Gasteiger partial charge in [0.15, 0.2) is 5.75 Å². The first kappa shape index (κ1) is 18.7. The fraction of sp³-hybridized carbons (Fsp3) is 0.346. The van der Waals surface area contributed by atoms with Crippen LogP contribution in [0.2, 0.25) is 0 Å². The predicted molar refractivity (Wildman–Crippen MR) is 117 cm³/mol. The molecule has 0 saturated heterocycles. The smallest absolute Gasteiger partial charge is 0.220 e. The Morgan fingerprint density at radius 3 is 1.93 bits per heavy atom. The SMILES string of the molecule is COc1ccc(-c2ccc3cc4c(cc3c2)C(C)(C)CCC4(C)C)ccc1=O. The van der Waals surface area contributed by atoms with Gasteiger partial charge >= 0.3 is 0 Å². The third-order valence-electron chi connectivity index (χ3n) is 6.43. The minimum Gasteiger partial charge on any atom is -0.493 e. The lowest BCUT2D eigenvalue weighted by molar-refractivity contribution is 0.332. The van der Waals surface area contributed by atoms with Gasteiger partial charge in [0, 0.05) is 0 Å². The highest BCUT2D eigenvalue weighted by molar-refractivity contribution is 5.89. The van der Waals surface area contributed by atoms with E-state index in [1.807, 2.05) is 12.1 Å². The van der Waals surface area contributed by atoms with Crippen molar-refractivity contribution in [3.8, 4) is 16.9 Å². The van der Waals surface area contributed by atoms with Gasteiger partial charge in [0.2, 0.25) is 5.43 Å². The maximum absolute atomic E-state index is 12.0. The summed E-state index contributed by atoms with van der Waals surface area (Å²) in [5.74, 6) is 0.366. The second-order valence-corrected chi connectivity index (χ2v) is 9.28. The summed E-state index contributed by atoms with van der Waals surface area (Å²) in [5.41, 5.74) is 5.38. The molecule has 0 N–H and O–H groups in total. The molecule has 0 spiro atoms. The third kappa shape index (κ3) is 3.11. The number of rotatable bonds is 2. The van der Waals surface area contributed by atoms with Crippen LogP contribution < -0.4 is 10.2 Å². The van der Waals surface area contributed by atoms with E-state index in [-0.39, 0.29) is 16.3 Å². The first-order valence-electron chi connectivity index (χ1n) is 9.99. The second-order valence-electron chi connectivity index (χ2n) is 9.28. The van der Waals surface area contributed by atoms with Crippen LogP contribution in [-0.4, -0.2) is 7.11 Å². The minimum atomic E-state index is -0.104. The van der Waals surface area contributed by atoms with Gasteiger partial charge in [-0.25, -0.2) is 0 Å². The number of benzene rings is 2. The molecule has 3 aromatic carbocycles. The van der Waals surface area contributed by atoms with E-state index in [9.17, 15) is 4.79 Å². The molecule has 2 heteroatoms. The molecule has 0 bridgehead atoms. The molecule has 0 aromatic heterocycles. The van der Waals surface area contributed by atoms with Crippen molar-refractivity contribution in [1.82, 2.24) is 0 Å². The summed E-state index contributed by atoms with van der Waals surface area (Å²) in [6.45, 7) is 9.43. The van der Waals surface area contributed by atoms with Crippen molar-refractivity contribution in [2.45, 2.75) is 51.4 Å². The molecule has 1 aliphatic rings. The van der Waals surface area contributed by atoms with Gasteiger partial charge in [0.1, 0.15) is 0 Å². The van der Waals surface area contributed by atoms with Crippen LogP contribution in [0.4, 0.5) is 0 Å². The average Bonchev–Trinajstić information content (AvgIpc) is 2.85. The second kappa shape index (κ2) is 6.48. The fourth-order valence-corrected chi connectivity index (χ4v) is 4.40. The van der Waals surface area contributed by atoms with E-state index >= 15 is 0 Å². The molecular formula is C26H28O2. The number of methoxy groups -OCH3 is 1.